The second-order valence-corrected chi connectivity index (χ2v) is 9.43. The first kappa shape index (κ1) is 28.0. The fourth-order valence-electron chi connectivity index (χ4n) is 4.74. The van der Waals surface area contributed by atoms with E-state index in [0.717, 1.165) is 31.2 Å². The molecule has 1 fully saturated rings. The number of benzene rings is 2. The van der Waals surface area contributed by atoms with Crippen LogP contribution in [0.5, 0.6) is 5.75 Å². The van der Waals surface area contributed by atoms with E-state index in [0.29, 0.717) is 13.0 Å². The summed E-state index contributed by atoms with van der Waals surface area (Å²) in [5, 5.41) is 18.0. The van der Waals surface area contributed by atoms with Crippen molar-refractivity contribution in [3.63, 3.8) is 0 Å². The Morgan fingerprint density at radius 3 is 2.49 bits per heavy atom. The van der Waals surface area contributed by atoms with Crippen LogP contribution in [0.2, 0.25) is 0 Å². The van der Waals surface area contributed by atoms with E-state index in [9.17, 15) is 27.7 Å². The summed E-state index contributed by atoms with van der Waals surface area (Å²) in [7, 11) is 0. The lowest BCUT2D eigenvalue weighted by Crippen LogP contribution is -2.33. The van der Waals surface area contributed by atoms with Gasteiger partial charge in [-0.15, -0.1) is 13.2 Å². The Hall–Kier alpha value is -4.00. The largest absolute Gasteiger partial charge is 0.573 e. The van der Waals surface area contributed by atoms with Gasteiger partial charge in [-0.2, -0.15) is 4.98 Å². The summed E-state index contributed by atoms with van der Waals surface area (Å²) < 4.78 is 55.6. The van der Waals surface area contributed by atoms with Gasteiger partial charge in [-0.05, 0) is 61.8 Å². The fraction of sp³-hybridized carbons (Fsp3) is 0.385. The number of aromatic nitrogens is 2. The first-order chi connectivity index (χ1) is 18.6. The number of nitrogens with one attached hydrogen (secondary N) is 2. The predicted molar refractivity (Wildman–Crippen MR) is 136 cm³/mol. The van der Waals surface area contributed by atoms with Crippen LogP contribution in [0.1, 0.15) is 42.5 Å². The Kier molecular flexibility index (Phi) is 8.79. The van der Waals surface area contributed by atoms with Crippen molar-refractivity contribution in [2.75, 3.05) is 11.1 Å². The van der Waals surface area contributed by atoms with E-state index in [-0.39, 0.29) is 58.8 Å². The quantitative estimate of drug-likeness (QED) is 0.172. The molecule has 0 bridgehead atoms. The topological polar surface area (TPSA) is 128 Å². The lowest BCUT2D eigenvalue weighted by atomic mass is 9.83. The Balaban J connectivity index is 1.39. The molecule has 13 heteroatoms. The van der Waals surface area contributed by atoms with Crippen LogP contribution in [-0.2, 0) is 19.5 Å². The lowest BCUT2D eigenvalue weighted by molar-refractivity contribution is -0.385. The minimum Gasteiger partial charge on any atom is -0.405 e. The normalized spacial score (nSPS) is 17.5. The van der Waals surface area contributed by atoms with Gasteiger partial charge in [0.25, 0.3) is 0 Å². The summed E-state index contributed by atoms with van der Waals surface area (Å²) in [5.41, 5.74) is 6.75. The average molecular weight is 549 g/mol. The predicted octanol–water partition coefficient (Wildman–Crippen LogP) is 5.51. The van der Waals surface area contributed by atoms with Gasteiger partial charge in [0.1, 0.15) is 17.3 Å². The molecule has 3 aromatic rings. The smallest absolute Gasteiger partial charge is 0.405 e. The summed E-state index contributed by atoms with van der Waals surface area (Å²) in [6.45, 7) is 0.429. The highest BCUT2D eigenvalue weighted by atomic mass is 19.4. The van der Waals surface area contributed by atoms with E-state index in [1.807, 2.05) is 6.07 Å². The molecule has 0 spiro atoms. The first-order valence-corrected chi connectivity index (χ1v) is 12.4. The summed E-state index contributed by atoms with van der Waals surface area (Å²) in [4.78, 5) is 19.4. The van der Waals surface area contributed by atoms with Crippen molar-refractivity contribution in [3.8, 4) is 5.75 Å². The zero-order valence-electron chi connectivity index (χ0n) is 20.9. The zero-order valence-corrected chi connectivity index (χ0v) is 20.9. The van der Waals surface area contributed by atoms with Crippen LogP contribution < -0.4 is 21.1 Å². The molecule has 0 amide bonds. The monoisotopic (exact) mass is 548 g/mol. The molecule has 0 radical (unpaired) electrons. The Bertz CT molecular complexity index is 1300. The van der Waals surface area contributed by atoms with E-state index in [4.69, 9.17) is 5.73 Å². The van der Waals surface area contributed by atoms with Crippen molar-refractivity contribution < 1.29 is 27.2 Å². The molecule has 1 aliphatic carbocycles. The second-order valence-electron chi connectivity index (χ2n) is 9.43. The molecule has 4 rings (SSSR count). The van der Waals surface area contributed by atoms with Crippen molar-refractivity contribution in [3.05, 3.63) is 81.3 Å². The molecule has 0 atom stereocenters. The van der Waals surface area contributed by atoms with E-state index in [2.05, 4.69) is 25.3 Å². The van der Waals surface area contributed by atoms with Crippen LogP contribution in [-0.4, -0.2) is 27.3 Å². The molecule has 0 aliphatic heterocycles. The van der Waals surface area contributed by atoms with Gasteiger partial charge in [-0.1, -0.05) is 30.3 Å². The maximum absolute atomic E-state index is 13.4. The molecular weight excluding hydrogens is 520 g/mol. The highest BCUT2D eigenvalue weighted by molar-refractivity contribution is 5.58. The number of nitrogens with two attached hydrogens (primary N) is 1. The van der Waals surface area contributed by atoms with Gasteiger partial charge < -0.3 is 21.1 Å². The molecule has 2 aromatic carbocycles. The summed E-state index contributed by atoms with van der Waals surface area (Å²) in [6.07, 6.45) is -1.27. The lowest BCUT2D eigenvalue weighted by Gasteiger charge is -2.29. The molecule has 1 aliphatic rings. The van der Waals surface area contributed by atoms with Gasteiger partial charge in [0.2, 0.25) is 11.8 Å². The van der Waals surface area contributed by atoms with Crippen LogP contribution in [0.3, 0.4) is 0 Å². The van der Waals surface area contributed by atoms with E-state index in [1.165, 1.54) is 30.3 Å². The fourth-order valence-corrected chi connectivity index (χ4v) is 4.74. The number of alkyl halides is 3. The van der Waals surface area contributed by atoms with Crippen molar-refractivity contribution >= 4 is 17.5 Å². The maximum Gasteiger partial charge on any atom is 0.573 e. The van der Waals surface area contributed by atoms with Crippen LogP contribution in [0.15, 0.2) is 48.5 Å². The van der Waals surface area contributed by atoms with Crippen LogP contribution >= 0.6 is 0 Å². The summed E-state index contributed by atoms with van der Waals surface area (Å²) >= 11 is 0. The van der Waals surface area contributed by atoms with E-state index < -0.39 is 11.3 Å². The van der Waals surface area contributed by atoms with Crippen molar-refractivity contribution in [1.82, 2.24) is 15.3 Å². The number of nitrogen functional groups attached to an aromatic ring is 1. The van der Waals surface area contributed by atoms with Gasteiger partial charge in [0, 0.05) is 24.7 Å². The molecular formula is C26H28F4N6O3. The molecule has 208 valence electrons. The number of nitro groups is 1. The third kappa shape index (κ3) is 7.99. The van der Waals surface area contributed by atoms with Gasteiger partial charge in [-0.3, -0.25) is 10.1 Å². The van der Waals surface area contributed by atoms with Crippen molar-refractivity contribution in [2.24, 2.45) is 5.92 Å². The summed E-state index contributed by atoms with van der Waals surface area (Å²) in [5.74, 6) is -0.885. The minimum absolute atomic E-state index is 0.0274. The molecule has 1 aromatic heterocycles. The first-order valence-electron chi connectivity index (χ1n) is 12.4. The number of para-hydroxylation sites is 1. The van der Waals surface area contributed by atoms with Crippen molar-refractivity contribution in [1.29, 1.82) is 0 Å². The maximum atomic E-state index is 13.4. The number of nitrogens with zero attached hydrogens (tertiary/aromatic N) is 3. The minimum atomic E-state index is -4.86. The molecule has 0 saturated heterocycles. The van der Waals surface area contributed by atoms with Gasteiger partial charge in [0.05, 0.1) is 4.92 Å². The molecule has 0 unspecified atom stereocenters. The third-order valence-electron chi connectivity index (χ3n) is 6.61. The number of rotatable bonds is 10. The number of hydrogen-bond acceptors (Lipinski definition) is 8. The van der Waals surface area contributed by atoms with Crippen LogP contribution in [0.4, 0.5) is 35.0 Å². The third-order valence-corrected chi connectivity index (χ3v) is 6.61. The number of hydrogen-bond donors (Lipinski definition) is 3. The Labute approximate surface area is 221 Å². The molecule has 39 heavy (non-hydrogen) atoms. The average Bonchev–Trinajstić information content (AvgIpc) is 2.86. The molecule has 1 heterocycles. The standard InChI is InChI=1S/C26H28F4N6O3/c27-19-6-3-4-17(12-19)14-32-20-10-8-16(9-11-20)13-21-23(36(37)38)24(31)35-25(34-21)33-15-18-5-1-2-7-22(18)39-26(28,29)30/h1-7,12,16,20,32H,8-11,13-15H2,(H3,31,33,34,35)/t16-,20-. The zero-order chi connectivity index (χ0) is 28.0. The highest BCUT2D eigenvalue weighted by Gasteiger charge is 2.32. The number of anilines is 2. The van der Waals surface area contributed by atoms with E-state index >= 15 is 0 Å². The SMILES string of the molecule is Nc1nc(NCc2ccccc2OC(F)(F)F)nc(C[C@H]2CC[C@H](NCc3cccc(F)c3)CC2)c1[N+](=O)[O-]. The molecule has 9 nitrogen and oxygen atoms in total. The highest BCUT2D eigenvalue weighted by Crippen LogP contribution is 2.33. The summed E-state index contributed by atoms with van der Waals surface area (Å²) in [6, 6.07) is 12.3. The molecule has 4 N–H and O–H groups in total. The van der Waals surface area contributed by atoms with Gasteiger partial charge in [-0.25, -0.2) is 9.37 Å². The van der Waals surface area contributed by atoms with Crippen LogP contribution in [0, 0.1) is 21.8 Å². The second kappa shape index (κ2) is 12.2. The van der Waals surface area contributed by atoms with Gasteiger partial charge in [0.15, 0.2) is 0 Å². The van der Waals surface area contributed by atoms with Crippen LogP contribution in [0.25, 0.3) is 0 Å². The van der Waals surface area contributed by atoms with E-state index in [1.54, 1.807) is 12.1 Å². The Morgan fingerprint density at radius 2 is 1.79 bits per heavy atom. The number of halogens is 4. The Morgan fingerprint density at radius 1 is 1.05 bits per heavy atom. The van der Waals surface area contributed by atoms with Crippen molar-refractivity contribution in [2.45, 2.75) is 57.6 Å². The van der Waals surface area contributed by atoms with Gasteiger partial charge >= 0.3 is 12.0 Å². The molecule has 1 saturated carbocycles. The number of ether oxygens (including phenoxy) is 1.